The number of ether oxygens (including phenoxy) is 1. The molecule has 0 N–H and O–H groups in total. The zero-order chi connectivity index (χ0) is 13.9. The number of aromatic nitrogens is 2. The van der Waals surface area contributed by atoms with E-state index in [1.54, 1.807) is 6.20 Å². The standard InChI is InChI=1S/C15H19N3O2/c1-2-6-18-11-13(12-4-3-5-16-14(12)18)15(19)17-7-9-20-10-8-17/h3-5,11H,2,6-10H2,1H3. The van der Waals surface area contributed by atoms with Crippen LogP contribution >= 0.6 is 0 Å². The minimum atomic E-state index is 0.0844. The van der Waals surface area contributed by atoms with Crippen LogP contribution in [-0.4, -0.2) is 46.7 Å². The number of pyridine rings is 1. The summed E-state index contributed by atoms with van der Waals surface area (Å²) in [4.78, 5) is 18.9. The van der Waals surface area contributed by atoms with Gasteiger partial charge in [0.15, 0.2) is 0 Å². The van der Waals surface area contributed by atoms with Gasteiger partial charge in [-0.05, 0) is 18.6 Å². The second-order valence-electron chi connectivity index (χ2n) is 5.02. The smallest absolute Gasteiger partial charge is 0.256 e. The summed E-state index contributed by atoms with van der Waals surface area (Å²) in [5, 5.41) is 0.942. The van der Waals surface area contributed by atoms with Gasteiger partial charge in [-0.3, -0.25) is 4.79 Å². The fraction of sp³-hybridized carbons (Fsp3) is 0.467. The minimum absolute atomic E-state index is 0.0844. The molecule has 2 aromatic heterocycles. The fourth-order valence-electron chi connectivity index (χ4n) is 2.64. The third-order valence-electron chi connectivity index (χ3n) is 3.63. The first-order valence-corrected chi connectivity index (χ1v) is 7.12. The first-order chi connectivity index (χ1) is 9.81. The van der Waals surface area contributed by atoms with E-state index < -0.39 is 0 Å². The predicted molar refractivity (Wildman–Crippen MR) is 76.7 cm³/mol. The Labute approximate surface area is 118 Å². The molecule has 0 aromatic carbocycles. The van der Waals surface area contributed by atoms with Crippen molar-refractivity contribution in [3.05, 3.63) is 30.1 Å². The van der Waals surface area contributed by atoms with E-state index in [9.17, 15) is 4.79 Å². The van der Waals surface area contributed by atoms with Crippen molar-refractivity contribution in [2.45, 2.75) is 19.9 Å². The maximum Gasteiger partial charge on any atom is 0.256 e. The minimum Gasteiger partial charge on any atom is -0.378 e. The lowest BCUT2D eigenvalue weighted by Crippen LogP contribution is -2.40. The topological polar surface area (TPSA) is 47.4 Å². The maximum absolute atomic E-state index is 12.7. The van der Waals surface area contributed by atoms with E-state index in [1.807, 2.05) is 23.2 Å². The molecule has 106 valence electrons. The highest BCUT2D eigenvalue weighted by molar-refractivity contribution is 6.06. The van der Waals surface area contributed by atoms with E-state index in [2.05, 4.69) is 16.5 Å². The molecule has 3 heterocycles. The van der Waals surface area contributed by atoms with Crippen molar-refractivity contribution < 1.29 is 9.53 Å². The number of rotatable bonds is 3. The Hall–Kier alpha value is -1.88. The number of nitrogens with zero attached hydrogens (tertiary/aromatic N) is 3. The normalized spacial score (nSPS) is 15.8. The molecule has 0 radical (unpaired) electrons. The van der Waals surface area contributed by atoms with Crippen LogP contribution in [0.5, 0.6) is 0 Å². The van der Waals surface area contributed by atoms with Crippen molar-refractivity contribution in [1.82, 2.24) is 14.5 Å². The maximum atomic E-state index is 12.7. The van der Waals surface area contributed by atoms with Crippen LogP contribution in [0.25, 0.3) is 11.0 Å². The monoisotopic (exact) mass is 273 g/mol. The molecule has 0 atom stereocenters. The molecule has 1 aliphatic heterocycles. The SMILES string of the molecule is CCCn1cc(C(=O)N2CCOCC2)c2cccnc21. The molecule has 0 spiro atoms. The van der Waals surface area contributed by atoms with Crippen molar-refractivity contribution in [2.24, 2.45) is 0 Å². The van der Waals surface area contributed by atoms with E-state index >= 15 is 0 Å². The summed E-state index contributed by atoms with van der Waals surface area (Å²) >= 11 is 0. The average molecular weight is 273 g/mol. The van der Waals surface area contributed by atoms with Crippen LogP contribution in [0.1, 0.15) is 23.7 Å². The molecular weight excluding hydrogens is 254 g/mol. The molecule has 5 nitrogen and oxygen atoms in total. The highest BCUT2D eigenvalue weighted by atomic mass is 16.5. The number of morpholine rings is 1. The van der Waals surface area contributed by atoms with Gasteiger partial charge in [0.05, 0.1) is 18.8 Å². The summed E-state index contributed by atoms with van der Waals surface area (Å²) in [5.41, 5.74) is 1.65. The van der Waals surface area contributed by atoms with Crippen LogP contribution in [0.15, 0.2) is 24.5 Å². The Morgan fingerprint density at radius 1 is 1.40 bits per heavy atom. The Kier molecular flexibility index (Phi) is 3.69. The van der Waals surface area contributed by atoms with E-state index in [0.717, 1.165) is 29.6 Å². The molecule has 2 aromatic rings. The summed E-state index contributed by atoms with van der Waals surface area (Å²) < 4.78 is 7.38. The Morgan fingerprint density at radius 3 is 2.95 bits per heavy atom. The highest BCUT2D eigenvalue weighted by Crippen LogP contribution is 2.21. The molecule has 5 heteroatoms. The summed E-state index contributed by atoms with van der Waals surface area (Å²) in [6.45, 7) is 5.58. The van der Waals surface area contributed by atoms with Gasteiger partial charge in [0.25, 0.3) is 5.91 Å². The average Bonchev–Trinajstić information content (AvgIpc) is 2.87. The fourth-order valence-corrected chi connectivity index (χ4v) is 2.64. The first-order valence-electron chi connectivity index (χ1n) is 7.12. The molecule has 0 unspecified atom stereocenters. The van der Waals surface area contributed by atoms with Crippen LogP contribution in [0, 0.1) is 0 Å². The molecular formula is C15H19N3O2. The molecule has 1 aliphatic rings. The number of aryl methyl sites for hydroxylation is 1. The third kappa shape index (κ3) is 2.29. The van der Waals surface area contributed by atoms with Crippen LogP contribution in [0.3, 0.4) is 0 Å². The number of amides is 1. The second-order valence-corrected chi connectivity index (χ2v) is 5.02. The van der Waals surface area contributed by atoms with Gasteiger partial charge in [0, 0.05) is 37.4 Å². The molecule has 3 rings (SSSR count). The van der Waals surface area contributed by atoms with E-state index in [-0.39, 0.29) is 5.91 Å². The lowest BCUT2D eigenvalue weighted by Gasteiger charge is -2.26. The van der Waals surface area contributed by atoms with Gasteiger partial charge >= 0.3 is 0 Å². The lowest BCUT2D eigenvalue weighted by atomic mass is 10.2. The predicted octanol–water partition coefficient (Wildman–Crippen LogP) is 1.92. The zero-order valence-electron chi connectivity index (χ0n) is 11.7. The van der Waals surface area contributed by atoms with E-state index in [1.165, 1.54) is 0 Å². The molecule has 0 bridgehead atoms. The van der Waals surface area contributed by atoms with Crippen molar-refractivity contribution in [1.29, 1.82) is 0 Å². The summed E-state index contributed by atoms with van der Waals surface area (Å²) in [7, 11) is 0. The van der Waals surface area contributed by atoms with E-state index in [0.29, 0.717) is 26.3 Å². The van der Waals surface area contributed by atoms with Gasteiger partial charge in [0.2, 0.25) is 0 Å². The Morgan fingerprint density at radius 2 is 2.20 bits per heavy atom. The number of fused-ring (bicyclic) bond motifs is 1. The molecule has 1 amide bonds. The Bertz CT molecular complexity index is 615. The van der Waals surface area contributed by atoms with Gasteiger partial charge in [-0.15, -0.1) is 0 Å². The molecule has 0 saturated carbocycles. The van der Waals surface area contributed by atoms with Crippen LogP contribution in [-0.2, 0) is 11.3 Å². The quantitative estimate of drug-likeness (QED) is 0.858. The lowest BCUT2D eigenvalue weighted by molar-refractivity contribution is 0.0304. The zero-order valence-corrected chi connectivity index (χ0v) is 11.7. The van der Waals surface area contributed by atoms with Crippen LogP contribution in [0.4, 0.5) is 0 Å². The number of carbonyl (C=O) groups is 1. The van der Waals surface area contributed by atoms with Crippen molar-refractivity contribution in [3.63, 3.8) is 0 Å². The Balaban J connectivity index is 1.99. The van der Waals surface area contributed by atoms with Gasteiger partial charge < -0.3 is 14.2 Å². The van der Waals surface area contributed by atoms with Gasteiger partial charge in [-0.1, -0.05) is 6.92 Å². The summed E-state index contributed by atoms with van der Waals surface area (Å²) in [5.74, 6) is 0.0844. The summed E-state index contributed by atoms with van der Waals surface area (Å²) in [6.07, 6.45) is 4.74. The first kappa shape index (κ1) is 13.1. The number of carbonyl (C=O) groups excluding carboxylic acids is 1. The molecule has 0 aliphatic carbocycles. The van der Waals surface area contributed by atoms with Crippen LogP contribution < -0.4 is 0 Å². The number of hydrogen-bond donors (Lipinski definition) is 0. The van der Waals surface area contributed by atoms with Crippen molar-refractivity contribution >= 4 is 16.9 Å². The molecule has 1 fully saturated rings. The van der Waals surface area contributed by atoms with Crippen molar-refractivity contribution in [3.8, 4) is 0 Å². The highest BCUT2D eigenvalue weighted by Gasteiger charge is 2.22. The molecule has 1 saturated heterocycles. The second kappa shape index (κ2) is 5.63. The third-order valence-corrected chi connectivity index (χ3v) is 3.63. The van der Waals surface area contributed by atoms with Crippen LogP contribution in [0.2, 0.25) is 0 Å². The van der Waals surface area contributed by atoms with E-state index in [4.69, 9.17) is 4.74 Å². The van der Waals surface area contributed by atoms with Crippen molar-refractivity contribution in [2.75, 3.05) is 26.3 Å². The largest absolute Gasteiger partial charge is 0.378 e. The summed E-state index contributed by atoms with van der Waals surface area (Å²) in [6, 6.07) is 3.86. The molecule has 20 heavy (non-hydrogen) atoms. The van der Waals surface area contributed by atoms with Gasteiger partial charge in [0.1, 0.15) is 5.65 Å². The van der Waals surface area contributed by atoms with Gasteiger partial charge in [-0.25, -0.2) is 4.98 Å². The van der Waals surface area contributed by atoms with Gasteiger partial charge in [-0.2, -0.15) is 0 Å². The number of hydrogen-bond acceptors (Lipinski definition) is 3.